The van der Waals surface area contributed by atoms with Crippen LogP contribution in [0.15, 0.2) is 42.5 Å². The molecular formula is C18H16Cl2N2O4. The van der Waals surface area contributed by atoms with E-state index in [0.29, 0.717) is 27.2 Å². The lowest BCUT2D eigenvalue weighted by molar-refractivity contribution is -0.141. The molecule has 1 aliphatic rings. The molecule has 0 bridgehead atoms. The van der Waals surface area contributed by atoms with Crippen molar-refractivity contribution < 1.29 is 19.1 Å². The smallest absolute Gasteiger partial charge is 0.267 e. The molecule has 26 heavy (non-hydrogen) atoms. The Kier molecular flexibility index (Phi) is 5.54. The summed E-state index contributed by atoms with van der Waals surface area (Å²) >= 11 is 12.1. The summed E-state index contributed by atoms with van der Waals surface area (Å²) in [6, 6.07) is 12.0. The largest absolute Gasteiger partial charge is 0.485 e. The minimum atomic E-state index is -0.813. The van der Waals surface area contributed by atoms with Gasteiger partial charge in [0.05, 0.1) is 22.3 Å². The van der Waals surface area contributed by atoms with Crippen LogP contribution in [0.4, 0.5) is 5.69 Å². The van der Waals surface area contributed by atoms with Crippen molar-refractivity contribution in [2.24, 2.45) is 0 Å². The van der Waals surface area contributed by atoms with E-state index in [1.54, 1.807) is 36.4 Å². The van der Waals surface area contributed by atoms with Crippen molar-refractivity contribution in [2.45, 2.75) is 6.10 Å². The van der Waals surface area contributed by atoms with Crippen LogP contribution in [0.25, 0.3) is 0 Å². The van der Waals surface area contributed by atoms with Crippen molar-refractivity contribution in [3.05, 3.63) is 52.5 Å². The SMILES string of the molecule is CN(CC(=O)Nc1c(Cl)cccc1Cl)C(=O)[C@H]1COc2ccccc2O1. The van der Waals surface area contributed by atoms with Gasteiger partial charge in [0.15, 0.2) is 11.5 Å². The van der Waals surface area contributed by atoms with Crippen molar-refractivity contribution in [1.82, 2.24) is 4.90 Å². The van der Waals surface area contributed by atoms with Crippen molar-refractivity contribution in [2.75, 3.05) is 25.5 Å². The van der Waals surface area contributed by atoms with Crippen molar-refractivity contribution >= 4 is 40.7 Å². The molecule has 1 heterocycles. The van der Waals surface area contributed by atoms with E-state index in [1.807, 2.05) is 6.07 Å². The Hall–Kier alpha value is -2.44. The third kappa shape index (κ3) is 4.03. The van der Waals surface area contributed by atoms with Crippen LogP contribution in [-0.4, -0.2) is 43.0 Å². The molecule has 3 rings (SSSR count). The topological polar surface area (TPSA) is 67.9 Å². The van der Waals surface area contributed by atoms with Gasteiger partial charge >= 0.3 is 0 Å². The molecule has 1 atom stereocenters. The van der Waals surface area contributed by atoms with Gasteiger partial charge in [0.25, 0.3) is 5.91 Å². The number of amides is 2. The van der Waals surface area contributed by atoms with Crippen LogP contribution in [0, 0.1) is 0 Å². The molecule has 0 fully saturated rings. The molecule has 2 aromatic carbocycles. The number of hydrogen-bond donors (Lipinski definition) is 1. The van der Waals surface area contributed by atoms with Crippen LogP contribution in [-0.2, 0) is 9.59 Å². The molecule has 0 unspecified atom stereocenters. The number of ether oxygens (including phenoxy) is 2. The number of fused-ring (bicyclic) bond motifs is 1. The number of nitrogens with zero attached hydrogens (tertiary/aromatic N) is 1. The van der Waals surface area contributed by atoms with Crippen LogP contribution >= 0.6 is 23.2 Å². The number of carbonyl (C=O) groups is 2. The Labute approximate surface area is 160 Å². The van der Waals surface area contributed by atoms with Gasteiger partial charge in [0.2, 0.25) is 12.0 Å². The normalized spacial score (nSPS) is 15.3. The molecule has 0 aliphatic carbocycles. The maximum atomic E-state index is 12.5. The molecule has 136 valence electrons. The first-order valence-electron chi connectivity index (χ1n) is 7.83. The van der Waals surface area contributed by atoms with E-state index in [1.165, 1.54) is 11.9 Å². The summed E-state index contributed by atoms with van der Waals surface area (Å²) in [5.41, 5.74) is 0.313. The summed E-state index contributed by atoms with van der Waals surface area (Å²) in [7, 11) is 1.51. The first kappa shape index (κ1) is 18.4. The van der Waals surface area contributed by atoms with Crippen LogP contribution in [0.5, 0.6) is 11.5 Å². The second-order valence-electron chi connectivity index (χ2n) is 5.70. The summed E-state index contributed by atoms with van der Waals surface area (Å²) in [5, 5.41) is 3.25. The number of para-hydroxylation sites is 3. The summed E-state index contributed by atoms with van der Waals surface area (Å²) in [4.78, 5) is 26.0. The fraction of sp³-hybridized carbons (Fsp3) is 0.222. The zero-order valence-corrected chi connectivity index (χ0v) is 15.4. The first-order valence-corrected chi connectivity index (χ1v) is 8.58. The minimum Gasteiger partial charge on any atom is -0.485 e. The standard InChI is InChI=1S/C18H16Cl2N2O4/c1-22(9-16(23)21-17-11(19)5-4-6-12(17)20)18(24)15-10-25-13-7-2-3-8-14(13)26-15/h2-8,15H,9-10H2,1H3,(H,21,23)/t15-/m1/s1. The summed E-state index contributed by atoms with van der Waals surface area (Å²) in [6.07, 6.45) is -0.813. The van der Waals surface area contributed by atoms with E-state index in [4.69, 9.17) is 32.7 Å². The summed E-state index contributed by atoms with van der Waals surface area (Å²) < 4.78 is 11.2. The van der Waals surface area contributed by atoms with Gasteiger partial charge in [-0.1, -0.05) is 41.4 Å². The fourth-order valence-electron chi connectivity index (χ4n) is 2.48. The number of hydrogen-bond acceptors (Lipinski definition) is 4. The van der Waals surface area contributed by atoms with E-state index in [0.717, 1.165) is 0 Å². The van der Waals surface area contributed by atoms with Gasteiger partial charge in [-0.2, -0.15) is 0 Å². The zero-order valence-electron chi connectivity index (χ0n) is 13.9. The molecule has 1 aliphatic heterocycles. The molecular weight excluding hydrogens is 379 g/mol. The lowest BCUT2D eigenvalue weighted by Crippen LogP contribution is -2.47. The molecule has 8 heteroatoms. The van der Waals surface area contributed by atoms with E-state index >= 15 is 0 Å². The highest BCUT2D eigenvalue weighted by atomic mass is 35.5. The lowest BCUT2D eigenvalue weighted by Gasteiger charge is -2.28. The van der Waals surface area contributed by atoms with Crippen molar-refractivity contribution in [1.29, 1.82) is 0 Å². The molecule has 0 saturated heterocycles. The molecule has 0 radical (unpaired) electrons. The lowest BCUT2D eigenvalue weighted by atomic mass is 10.2. The van der Waals surface area contributed by atoms with Crippen molar-refractivity contribution in [3.8, 4) is 11.5 Å². The van der Waals surface area contributed by atoms with Gasteiger partial charge in [-0.3, -0.25) is 9.59 Å². The number of likely N-dealkylation sites (N-methyl/N-ethyl adjacent to an activating group) is 1. The fourth-order valence-corrected chi connectivity index (χ4v) is 2.97. The highest BCUT2D eigenvalue weighted by molar-refractivity contribution is 6.39. The van der Waals surface area contributed by atoms with Crippen LogP contribution in [0.2, 0.25) is 10.0 Å². The first-order chi connectivity index (χ1) is 12.5. The maximum Gasteiger partial charge on any atom is 0.267 e. The third-order valence-electron chi connectivity index (χ3n) is 3.77. The third-order valence-corrected chi connectivity index (χ3v) is 4.40. The van der Waals surface area contributed by atoms with Gasteiger partial charge in [0, 0.05) is 7.05 Å². The highest BCUT2D eigenvalue weighted by Crippen LogP contribution is 2.31. The molecule has 2 amide bonds. The average Bonchev–Trinajstić information content (AvgIpc) is 2.63. The van der Waals surface area contributed by atoms with Crippen molar-refractivity contribution in [3.63, 3.8) is 0 Å². The zero-order chi connectivity index (χ0) is 18.7. The molecule has 6 nitrogen and oxygen atoms in total. The Bertz CT molecular complexity index is 823. The predicted octanol–water partition coefficient (Wildman–Crippen LogP) is 3.23. The van der Waals surface area contributed by atoms with Crippen LogP contribution in [0.1, 0.15) is 0 Å². The predicted molar refractivity (Wildman–Crippen MR) is 99.1 cm³/mol. The van der Waals surface area contributed by atoms with E-state index in [-0.39, 0.29) is 19.1 Å². The highest BCUT2D eigenvalue weighted by Gasteiger charge is 2.30. The van der Waals surface area contributed by atoms with E-state index < -0.39 is 12.0 Å². The van der Waals surface area contributed by atoms with Gasteiger partial charge in [-0.25, -0.2) is 0 Å². The minimum absolute atomic E-state index is 0.0815. The van der Waals surface area contributed by atoms with E-state index in [2.05, 4.69) is 5.32 Å². The Morgan fingerprint density at radius 1 is 1.12 bits per heavy atom. The number of halogens is 2. The Morgan fingerprint density at radius 3 is 2.46 bits per heavy atom. The van der Waals surface area contributed by atoms with E-state index in [9.17, 15) is 9.59 Å². The second kappa shape index (κ2) is 7.85. The molecule has 2 aromatic rings. The monoisotopic (exact) mass is 394 g/mol. The van der Waals surface area contributed by atoms with Gasteiger partial charge in [-0.15, -0.1) is 0 Å². The number of carbonyl (C=O) groups excluding carboxylic acids is 2. The number of benzene rings is 2. The average molecular weight is 395 g/mol. The Morgan fingerprint density at radius 2 is 1.77 bits per heavy atom. The molecule has 0 spiro atoms. The van der Waals surface area contributed by atoms with Gasteiger partial charge < -0.3 is 19.7 Å². The van der Waals surface area contributed by atoms with Gasteiger partial charge in [-0.05, 0) is 24.3 Å². The Balaban J connectivity index is 1.60. The van der Waals surface area contributed by atoms with Crippen LogP contribution in [0.3, 0.4) is 0 Å². The van der Waals surface area contributed by atoms with Crippen LogP contribution < -0.4 is 14.8 Å². The number of rotatable bonds is 4. The summed E-state index contributed by atoms with van der Waals surface area (Å²) in [6.45, 7) is -0.0972. The number of nitrogens with one attached hydrogen (secondary N) is 1. The summed E-state index contributed by atoms with van der Waals surface area (Å²) in [5.74, 6) is 0.302. The van der Waals surface area contributed by atoms with Gasteiger partial charge in [0.1, 0.15) is 6.61 Å². The second-order valence-corrected chi connectivity index (χ2v) is 6.52. The quantitative estimate of drug-likeness (QED) is 0.863. The molecule has 1 N–H and O–H groups in total. The number of anilines is 1. The molecule has 0 aromatic heterocycles. The maximum absolute atomic E-state index is 12.5. The molecule has 0 saturated carbocycles.